The average Bonchev–Trinajstić information content (AvgIpc) is 2.97. The Morgan fingerprint density at radius 2 is 1.46 bits per heavy atom. The van der Waals surface area contributed by atoms with E-state index in [9.17, 15) is 26.7 Å². The smallest absolute Gasteiger partial charge is 0.472 e. The van der Waals surface area contributed by atoms with Crippen molar-refractivity contribution < 1.29 is 31.4 Å². The fraction of sp³-hybridized carbons (Fsp3) is 0.344. The van der Waals surface area contributed by atoms with E-state index in [0.29, 0.717) is 53.5 Å². The number of fused-ring (bicyclic) bond motifs is 1. The number of hydrogen-bond donors (Lipinski definition) is 2. The summed E-state index contributed by atoms with van der Waals surface area (Å²) < 4.78 is 69.9. The molecule has 1 atom stereocenters. The molecule has 14 heteroatoms. The van der Waals surface area contributed by atoms with Gasteiger partial charge < -0.3 is 15.2 Å². The molecule has 7 nitrogen and oxygen atoms in total. The lowest BCUT2D eigenvalue weighted by Crippen LogP contribution is -2.47. The van der Waals surface area contributed by atoms with Gasteiger partial charge >= 0.3 is 15.5 Å². The van der Waals surface area contributed by atoms with Crippen LogP contribution in [-0.2, 0) is 15.6 Å². The van der Waals surface area contributed by atoms with Crippen molar-refractivity contribution in [1.29, 1.82) is 0 Å². The molecule has 0 spiro atoms. The lowest BCUT2D eigenvalue weighted by molar-refractivity contribution is -0.0494. The van der Waals surface area contributed by atoms with Crippen LogP contribution >= 0.6 is 34.8 Å². The molecule has 0 aliphatic carbocycles. The van der Waals surface area contributed by atoms with Crippen molar-refractivity contribution in [1.82, 2.24) is 9.29 Å². The fourth-order valence-corrected chi connectivity index (χ4v) is 6.84. The van der Waals surface area contributed by atoms with Crippen molar-refractivity contribution in [2.75, 3.05) is 18.4 Å². The molecule has 246 valence electrons. The van der Waals surface area contributed by atoms with Gasteiger partial charge in [0, 0.05) is 41.3 Å². The molecule has 3 aromatic carbocycles. The van der Waals surface area contributed by atoms with Gasteiger partial charge in [0.15, 0.2) is 0 Å². The van der Waals surface area contributed by atoms with Crippen molar-refractivity contribution >= 4 is 61.4 Å². The minimum atomic E-state index is -5.42. The number of alkyl halides is 3. The van der Waals surface area contributed by atoms with Crippen LogP contribution in [0.3, 0.4) is 0 Å². The van der Waals surface area contributed by atoms with Crippen LogP contribution in [0.25, 0.3) is 10.9 Å². The predicted octanol–water partition coefficient (Wildman–Crippen LogP) is 8.38. The number of piperidine rings is 1. The van der Waals surface area contributed by atoms with Crippen LogP contribution in [0.2, 0.25) is 15.1 Å². The van der Waals surface area contributed by atoms with Crippen LogP contribution in [-0.4, -0.2) is 53.1 Å². The van der Waals surface area contributed by atoms with Crippen LogP contribution in [0.4, 0.5) is 18.9 Å². The summed E-state index contributed by atoms with van der Waals surface area (Å²) in [6, 6.07) is 18.2. The molecule has 1 saturated heterocycles. The molecule has 1 aromatic heterocycles. The predicted molar refractivity (Wildman–Crippen MR) is 175 cm³/mol. The number of sulfonamides is 1. The molecular formula is C32H31Cl3F3N3O4S. The van der Waals surface area contributed by atoms with Gasteiger partial charge in [0.25, 0.3) is 0 Å². The Kier molecular flexibility index (Phi) is 9.51. The van der Waals surface area contributed by atoms with Gasteiger partial charge in [-0.15, -0.1) is 0 Å². The average molecular weight is 717 g/mol. The summed E-state index contributed by atoms with van der Waals surface area (Å²) in [6.45, 7) is 5.01. The van der Waals surface area contributed by atoms with E-state index in [4.69, 9.17) is 39.5 Å². The van der Waals surface area contributed by atoms with E-state index in [1.165, 1.54) is 0 Å². The number of benzene rings is 3. The molecule has 4 aromatic rings. The van der Waals surface area contributed by atoms with E-state index >= 15 is 0 Å². The summed E-state index contributed by atoms with van der Waals surface area (Å²) in [6.07, 6.45) is 0.262. The van der Waals surface area contributed by atoms with Crippen molar-refractivity contribution in [3.63, 3.8) is 0 Å². The summed E-state index contributed by atoms with van der Waals surface area (Å²) in [4.78, 5) is 4.68. The third-order valence-corrected chi connectivity index (χ3v) is 10.3. The SMILES string of the molecule is CC(C)(C)Oc1cc(NC2CCN(S(=O)(=O)C(F)(F)F)CC2)c2cc(C(O)(c3ccc(Cl)cc3)c3ccc(Cl)c(Cl)c3)ccc2n1. The molecule has 1 unspecified atom stereocenters. The van der Waals surface area contributed by atoms with Gasteiger partial charge in [-0.25, -0.2) is 13.4 Å². The number of rotatable bonds is 7. The fourth-order valence-electron chi connectivity index (χ4n) is 5.43. The highest BCUT2D eigenvalue weighted by molar-refractivity contribution is 7.90. The Balaban J connectivity index is 1.60. The number of nitrogens with one attached hydrogen (secondary N) is 1. The van der Waals surface area contributed by atoms with E-state index in [1.54, 1.807) is 66.7 Å². The highest BCUT2D eigenvalue weighted by Crippen LogP contribution is 2.42. The lowest BCUT2D eigenvalue weighted by Gasteiger charge is -2.33. The number of nitrogens with zero attached hydrogens (tertiary/aromatic N) is 2. The molecule has 46 heavy (non-hydrogen) atoms. The Labute approximate surface area is 280 Å². The summed E-state index contributed by atoms with van der Waals surface area (Å²) >= 11 is 18.7. The Morgan fingerprint density at radius 3 is 2.04 bits per heavy atom. The number of ether oxygens (including phenoxy) is 1. The van der Waals surface area contributed by atoms with E-state index in [0.717, 1.165) is 0 Å². The molecule has 0 saturated carbocycles. The third kappa shape index (κ3) is 7.05. The topological polar surface area (TPSA) is 91.8 Å². The normalized spacial score (nSPS) is 16.7. The van der Waals surface area contributed by atoms with E-state index in [1.807, 2.05) is 20.8 Å². The van der Waals surface area contributed by atoms with Gasteiger partial charge in [-0.2, -0.15) is 17.5 Å². The van der Waals surface area contributed by atoms with Gasteiger partial charge in [-0.3, -0.25) is 0 Å². The number of aromatic nitrogens is 1. The van der Waals surface area contributed by atoms with E-state index in [2.05, 4.69) is 10.3 Å². The molecule has 0 bridgehead atoms. The number of aliphatic hydroxyl groups is 1. The number of pyridine rings is 1. The minimum Gasteiger partial charge on any atom is -0.472 e. The molecule has 5 rings (SSSR count). The van der Waals surface area contributed by atoms with Crippen molar-refractivity contribution in [3.8, 4) is 5.88 Å². The quantitative estimate of drug-likeness (QED) is 0.187. The van der Waals surface area contributed by atoms with Crippen molar-refractivity contribution in [2.24, 2.45) is 0 Å². The Morgan fingerprint density at radius 1 is 0.870 bits per heavy atom. The highest BCUT2D eigenvalue weighted by Gasteiger charge is 2.50. The van der Waals surface area contributed by atoms with Gasteiger partial charge in [0.05, 0.1) is 15.6 Å². The van der Waals surface area contributed by atoms with Crippen LogP contribution < -0.4 is 10.1 Å². The van der Waals surface area contributed by atoms with Gasteiger partial charge in [-0.05, 0) is 86.7 Å². The van der Waals surface area contributed by atoms with E-state index in [-0.39, 0.29) is 37.0 Å². The molecule has 1 aliphatic heterocycles. The maximum absolute atomic E-state index is 13.2. The van der Waals surface area contributed by atoms with Crippen LogP contribution in [0.15, 0.2) is 66.7 Å². The second kappa shape index (κ2) is 12.7. The Bertz CT molecular complexity index is 1860. The van der Waals surface area contributed by atoms with Gasteiger partial charge in [-0.1, -0.05) is 59.1 Å². The molecule has 0 radical (unpaired) electrons. The second-order valence-corrected chi connectivity index (χ2v) is 15.2. The maximum Gasteiger partial charge on any atom is 0.511 e. The molecule has 0 amide bonds. The molecule has 2 heterocycles. The first-order valence-electron chi connectivity index (χ1n) is 14.3. The molecule has 1 aliphatic rings. The van der Waals surface area contributed by atoms with Gasteiger partial charge in [0.2, 0.25) is 5.88 Å². The number of halogens is 6. The van der Waals surface area contributed by atoms with Crippen molar-refractivity contribution in [2.45, 2.75) is 56.4 Å². The zero-order valence-electron chi connectivity index (χ0n) is 25.0. The van der Waals surface area contributed by atoms with Crippen LogP contribution in [0, 0.1) is 0 Å². The standard InChI is InChI=1S/C32H31Cl3F3N3O4S/c1-30(2,3)45-29-18-28(39-23-12-14-41(15-13-23)46(43,44)32(36,37)38)24-16-20(7-11-27(24)40-29)31(42,19-4-8-22(33)9-5-19)21-6-10-25(34)26(35)17-21/h4-11,16-18,23,42H,12-15H2,1-3H3,(H,39,40). The number of hydrogen-bond acceptors (Lipinski definition) is 6. The zero-order valence-corrected chi connectivity index (χ0v) is 28.1. The molecular weight excluding hydrogens is 686 g/mol. The van der Waals surface area contributed by atoms with Gasteiger partial charge in [0.1, 0.15) is 11.2 Å². The Hall–Kier alpha value is -2.80. The van der Waals surface area contributed by atoms with E-state index < -0.39 is 26.7 Å². The summed E-state index contributed by atoms with van der Waals surface area (Å²) in [5.41, 5.74) is -5.19. The van der Waals surface area contributed by atoms with Crippen LogP contribution in [0.5, 0.6) is 5.88 Å². The first-order chi connectivity index (χ1) is 21.4. The molecule has 1 fully saturated rings. The summed E-state index contributed by atoms with van der Waals surface area (Å²) in [5, 5.41) is 17.5. The first kappa shape index (κ1) is 34.5. The van der Waals surface area contributed by atoms with Crippen molar-refractivity contribution in [3.05, 3.63) is 98.5 Å². The minimum absolute atomic E-state index is 0.131. The molecule has 2 N–H and O–H groups in total. The largest absolute Gasteiger partial charge is 0.511 e. The van der Waals surface area contributed by atoms with Crippen LogP contribution in [0.1, 0.15) is 50.3 Å². The summed E-state index contributed by atoms with van der Waals surface area (Å²) in [7, 11) is -5.42. The highest BCUT2D eigenvalue weighted by atomic mass is 35.5. The lowest BCUT2D eigenvalue weighted by atomic mass is 9.80. The summed E-state index contributed by atoms with van der Waals surface area (Å²) in [5.74, 6) is 0.310. The monoisotopic (exact) mass is 715 g/mol. The third-order valence-electron chi connectivity index (χ3n) is 7.66. The maximum atomic E-state index is 13.2. The first-order valence-corrected chi connectivity index (χ1v) is 16.9. The second-order valence-electron chi connectivity index (χ2n) is 12.1. The number of anilines is 1. The zero-order chi connectivity index (χ0) is 33.7.